The molecule has 6 nitrogen and oxygen atoms in total. The fraction of sp³-hybridized carbons (Fsp3) is 0.412. The predicted molar refractivity (Wildman–Crippen MR) is 88.9 cm³/mol. The number of halogens is 4. The highest BCUT2D eigenvalue weighted by atomic mass is 19.4. The van der Waals surface area contributed by atoms with Crippen molar-refractivity contribution in [2.45, 2.75) is 24.7 Å². The summed E-state index contributed by atoms with van der Waals surface area (Å²) in [5, 5.41) is 9.31. The fourth-order valence-corrected chi connectivity index (χ4v) is 2.96. The van der Waals surface area contributed by atoms with Gasteiger partial charge in [-0.2, -0.15) is 18.3 Å². The molecule has 2 N–H and O–H groups in total. The monoisotopic (exact) mass is 386 g/mol. The van der Waals surface area contributed by atoms with Crippen LogP contribution in [0.25, 0.3) is 0 Å². The molecule has 2 heterocycles. The Labute approximate surface area is 152 Å². The second-order valence-corrected chi connectivity index (χ2v) is 6.15. The molecule has 146 valence electrons. The van der Waals surface area contributed by atoms with E-state index in [-0.39, 0.29) is 31.1 Å². The molecule has 1 aromatic heterocycles. The summed E-state index contributed by atoms with van der Waals surface area (Å²) in [6.07, 6.45) is -4.88. The van der Waals surface area contributed by atoms with E-state index in [1.165, 1.54) is 37.4 Å². The summed E-state index contributed by atoms with van der Waals surface area (Å²) in [6, 6.07) is 3.95. The molecule has 0 radical (unpaired) electrons. The van der Waals surface area contributed by atoms with Gasteiger partial charge in [0.1, 0.15) is 11.6 Å². The summed E-state index contributed by atoms with van der Waals surface area (Å²) in [6.45, 7) is 0.487. The zero-order valence-electron chi connectivity index (χ0n) is 14.4. The molecule has 0 saturated carbocycles. The largest absolute Gasteiger partial charge is 0.410 e. The lowest BCUT2D eigenvalue weighted by Crippen LogP contribution is -2.36. The third-order valence-corrected chi connectivity index (χ3v) is 4.29. The van der Waals surface area contributed by atoms with Crippen molar-refractivity contribution in [1.29, 1.82) is 0 Å². The van der Waals surface area contributed by atoms with Gasteiger partial charge >= 0.3 is 6.18 Å². The van der Waals surface area contributed by atoms with Gasteiger partial charge < -0.3 is 15.4 Å². The molecule has 2 unspecified atom stereocenters. The Balaban J connectivity index is 1.88. The molecular formula is C17H18F4N4O2. The first-order valence-corrected chi connectivity index (χ1v) is 8.25. The van der Waals surface area contributed by atoms with Crippen molar-refractivity contribution in [3.8, 4) is 0 Å². The summed E-state index contributed by atoms with van der Waals surface area (Å²) in [5.41, 5.74) is 0.395. The van der Waals surface area contributed by atoms with Crippen molar-refractivity contribution in [2.75, 3.05) is 25.6 Å². The van der Waals surface area contributed by atoms with E-state index >= 15 is 0 Å². The van der Waals surface area contributed by atoms with Crippen LogP contribution in [0.2, 0.25) is 0 Å². The Morgan fingerprint density at radius 2 is 2.07 bits per heavy atom. The van der Waals surface area contributed by atoms with Gasteiger partial charge in [0.15, 0.2) is 11.7 Å². The molecule has 3 rings (SSSR count). The lowest BCUT2D eigenvalue weighted by Gasteiger charge is -2.33. The zero-order chi connectivity index (χ0) is 19.6. The van der Waals surface area contributed by atoms with E-state index in [4.69, 9.17) is 4.74 Å². The van der Waals surface area contributed by atoms with Crippen LogP contribution in [0.5, 0.6) is 0 Å². The number of alkyl halides is 3. The maximum Gasteiger partial charge on any atom is 0.410 e. The number of anilines is 1. The standard InChI is InChI=1S/C17H18F4N4O2/c1-27-7-6-22-16(26)13-9-15-23-12(10-2-4-11(18)5-3-10)8-14(17(19,20)21)25(15)24-13/h2-5,9,12,14,23H,6-8H2,1H3,(H,22,26). The maximum atomic E-state index is 13.6. The number of rotatable bonds is 5. The third-order valence-electron chi connectivity index (χ3n) is 4.29. The number of aromatic nitrogens is 2. The molecule has 2 atom stereocenters. The van der Waals surface area contributed by atoms with Crippen LogP contribution in [0, 0.1) is 5.82 Å². The van der Waals surface area contributed by atoms with E-state index < -0.39 is 30.0 Å². The van der Waals surface area contributed by atoms with Crippen molar-refractivity contribution in [1.82, 2.24) is 15.1 Å². The number of amides is 1. The number of carbonyl (C=O) groups is 1. The Hall–Kier alpha value is -2.62. The lowest BCUT2D eigenvalue weighted by molar-refractivity contribution is -0.173. The first-order chi connectivity index (χ1) is 12.8. The molecule has 0 aliphatic carbocycles. The minimum atomic E-state index is -4.55. The van der Waals surface area contributed by atoms with Gasteiger partial charge in [-0.3, -0.25) is 4.79 Å². The highest BCUT2D eigenvalue weighted by Gasteiger charge is 2.46. The molecular weight excluding hydrogens is 368 g/mol. The van der Waals surface area contributed by atoms with Crippen LogP contribution in [-0.4, -0.2) is 42.1 Å². The van der Waals surface area contributed by atoms with Crippen LogP contribution in [0.15, 0.2) is 30.3 Å². The number of methoxy groups -OCH3 is 1. The van der Waals surface area contributed by atoms with E-state index in [1.807, 2.05) is 0 Å². The molecule has 0 saturated heterocycles. The third kappa shape index (κ3) is 4.21. The maximum absolute atomic E-state index is 13.6. The number of nitrogens with zero attached hydrogens (tertiary/aromatic N) is 2. The zero-order valence-corrected chi connectivity index (χ0v) is 14.4. The van der Waals surface area contributed by atoms with Gasteiger partial charge in [-0.15, -0.1) is 0 Å². The molecule has 10 heteroatoms. The first kappa shape index (κ1) is 19.2. The van der Waals surface area contributed by atoms with Crippen LogP contribution in [0.3, 0.4) is 0 Å². The van der Waals surface area contributed by atoms with Gasteiger partial charge in [-0.25, -0.2) is 9.07 Å². The molecule has 1 aromatic carbocycles. The second kappa shape index (κ2) is 7.55. The topological polar surface area (TPSA) is 68.2 Å². The molecule has 2 aromatic rings. The molecule has 1 aliphatic rings. The minimum Gasteiger partial charge on any atom is -0.383 e. The lowest BCUT2D eigenvalue weighted by atomic mass is 9.97. The number of nitrogens with one attached hydrogen (secondary N) is 2. The Bertz CT molecular complexity index is 804. The average molecular weight is 386 g/mol. The summed E-state index contributed by atoms with van der Waals surface area (Å²) in [7, 11) is 1.47. The number of carbonyl (C=O) groups excluding carboxylic acids is 1. The number of hydrogen-bond donors (Lipinski definition) is 2. The molecule has 1 aliphatic heterocycles. The fourth-order valence-electron chi connectivity index (χ4n) is 2.96. The van der Waals surface area contributed by atoms with Gasteiger partial charge in [0, 0.05) is 26.1 Å². The highest BCUT2D eigenvalue weighted by molar-refractivity contribution is 5.93. The highest BCUT2D eigenvalue weighted by Crippen LogP contribution is 2.43. The Kier molecular flexibility index (Phi) is 5.36. The van der Waals surface area contributed by atoms with Crippen molar-refractivity contribution in [2.24, 2.45) is 0 Å². The minimum absolute atomic E-state index is 0.0785. The first-order valence-electron chi connectivity index (χ1n) is 8.25. The molecule has 0 bridgehead atoms. The van der Waals surface area contributed by atoms with Crippen molar-refractivity contribution in [3.05, 3.63) is 47.4 Å². The number of fused-ring (bicyclic) bond motifs is 1. The average Bonchev–Trinajstić information content (AvgIpc) is 3.05. The van der Waals surface area contributed by atoms with E-state index in [9.17, 15) is 22.4 Å². The van der Waals surface area contributed by atoms with E-state index in [0.717, 1.165) is 4.68 Å². The van der Waals surface area contributed by atoms with Crippen molar-refractivity contribution in [3.63, 3.8) is 0 Å². The van der Waals surface area contributed by atoms with E-state index in [0.29, 0.717) is 5.56 Å². The predicted octanol–water partition coefficient (Wildman–Crippen LogP) is 3.06. The Morgan fingerprint density at radius 1 is 1.37 bits per heavy atom. The summed E-state index contributed by atoms with van der Waals surface area (Å²) in [4.78, 5) is 12.1. The summed E-state index contributed by atoms with van der Waals surface area (Å²) < 4.78 is 59.4. The normalized spacial score (nSPS) is 19.3. The number of ether oxygens (including phenoxy) is 1. The number of hydrogen-bond acceptors (Lipinski definition) is 4. The van der Waals surface area contributed by atoms with Crippen molar-refractivity contribution >= 4 is 11.7 Å². The number of benzene rings is 1. The van der Waals surface area contributed by atoms with Crippen LogP contribution < -0.4 is 10.6 Å². The van der Waals surface area contributed by atoms with E-state index in [2.05, 4.69) is 15.7 Å². The summed E-state index contributed by atoms with van der Waals surface area (Å²) >= 11 is 0. The van der Waals surface area contributed by atoms with Crippen LogP contribution in [0.1, 0.15) is 34.6 Å². The van der Waals surface area contributed by atoms with Crippen LogP contribution in [-0.2, 0) is 4.74 Å². The molecule has 0 fully saturated rings. The van der Waals surface area contributed by atoms with Gasteiger partial charge in [-0.1, -0.05) is 12.1 Å². The van der Waals surface area contributed by atoms with Gasteiger partial charge in [0.25, 0.3) is 5.91 Å². The van der Waals surface area contributed by atoms with Crippen molar-refractivity contribution < 1.29 is 27.1 Å². The Morgan fingerprint density at radius 3 is 2.70 bits per heavy atom. The second-order valence-electron chi connectivity index (χ2n) is 6.15. The summed E-state index contributed by atoms with van der Waals surface area (Å²) in [5.74, 6) is -0.980. The molecule has 27 heavy (non-hydrogen) atoms. The SMILES string of the molecule is COCCNC(=O)c1cc2n(n1)C(C(F)(F)F)CC(c1ccc(F)cc1)N2. The van der Waals surface area contributed by atoms with Crippen LogP contribution >= 0.6 is 0 Å². The van der Waals surface area contributed by atoms with Gasteiger partial charge in [-0.05, 0) is 17.7 Å². The molecule has 0 spiro atoms. The smallest absolute Gasteiger partial charge is 0.383 e. The quantitative estimate of drug-likeness (QED) is 0.612. The molecule has 1 amide bonds. The van der Waals surface area contributed by atoms with Crippen LogP contribution in [0.4, 0.5) is 23.4 Å². The van der Waals surface area contributed by atoms with Gasteiger partial charge in [0.2, 0.25) is 0 Å². The van der Waals surface area contributed by atoms with E-state index in [1.54, 1.807) is 0 Å². The van der Waals surface area contributed by atoms with Gasteiger partial charge in [0.05, 0.1) is 12.6 Å².